The molecule has 40 heavy (non-hydrogen) atoms. The number of nitrogens with one attached hydrogen (secondary N) is 1. The Morgan fingerprint density at radius 3 is 2.02 bits per heavy atom. The van der Waals surface area contributed by atoms with E-state index in [-0.39, 0.29) is 31.5 Å². The van der Waals surface area contributed by atoms with Crippen molar-refractivity contribution in [2.75, 3.05) is 33.3 Å². The summed E-state index contributed by atoms with van der Waals surface area (Å²) in [5, 5.41) is 12.2. The van der Waals surface area contributed by atoms with Crippen LogP contribution >= 0.6 is 0 Å². The highest BCUT2D eigenvalue weighted by Gasteiger charge is 2.32. The summed E-state index contributed by atoms with van der Waals surface area (Å²) in [6.45, 7) is 4.51. The zero-order chi connectivity index (χ0) is 28.6. The van der Waals surface area contributed by atoms with E-state index in [0.29, 0.717) is 6.54 Å². The summed E-state index contributed by atoms with van der Waals surface area (Å²) in [5.41, 5.74) is 5.50. The molecule has 8 heteroatoms. The minimum Gasteiger partial charge on any atom is -0.480 e. The van der Waals surface area contributed by atoms with E-state index in [1.165, 1.54) is 4.90 Å². The van der Waals surface area contributed by atoms with E-state index in [1.807, 2.05) is 92.5 Å². The lowest BCUT2D eigenvalue weighted by Crippen LogP contribution is -2.54. The molecule has 0 radical (unpaired) electrons. The second kappa shape index (κ2) is 13.3. The molecule has 0 bridgehead atoms. The number of aliphatic carboxylic acids is 1. The number of carboxylic acid groups (broad SMARTS) is 1. The van der Waals surface area contributed by atoms with E-state index >= 15 is 0 Å². The van der Waals surface area contributed by atoms with Crippen molar-refractivity contribution in [2.45, 2.75) is 32.4 Å². The van der Waals surface area contributed by atoms with Gasteiger partial charge in [0.25, 0.3) is 0 Å². The van der Waals surface area contributed by atoms with E-state index in [4.69, 9.17) is 4.74 Å². The first-order valence-electron chi connectivity index (χ1n) is 13.6. The molecule has 0 saturated carbocycles. The Hall–Kier alpha value is -4.17. The molecule has 3 aromatic rings. The number of benzene rings is 3. The predicted octanol–water partition coefficient (Wildman–Crippen LogP) is 4.59. The maximum Gasteiger partial charge on any atom is 0.407 e. The molecule has 1 aliphatic carbocycles. The molecule has 210 valence electrons. The van der Waals surface area contributed by atoms with Gasteiger partial charge in [0, 0.05) is 25.6 Å². The number of fused-ring (bicyclic) bond motifs is 3. The molecule has 0 fully saturated rings. The van der Waals surface area contributed by atoms with Crippen LogP contribution in [-0.2, 0) is 20.9 Å². The normalized spacial score (nSPS) is 13.0. The number of ether oxygens (including phenoxy) is 1. The standard InChI is InChI=1S/C32H37N3O5/c1-22(2)17-35(20-30(36)37)31(38)29(19-34(3)18-23-11-5-4-6-12-23)33-32(39)40-21-28-26-15-9-7-13-24(26)25-14-8-10-16-27(25)28/h4-16,22,28-29H,17-21H2,1-3H3,(H,33,39)(H,36,37). The summed E-state index contributed by atoms with van der Waals surface area (Å²) in [5.74, 6) is -1.62. The van der Waals surface area contributed by atoms with Crippen LogP contribution in [0.1, 0.15) is 36.5 Å². The first kappa shape index (κ1) is 28.8. The largest absolute Gasteiger partial charge is 0.480 e. The zero-order valence-corrected chi connectivity index (χ0v) is 23.2. The van der Waals surface area contributed by atoms with Crippen LogP contribution in [0.15, 0.2) is 78.9 Å². The average molecular weight is 544 g/mol. The first-order valence-corrected chi connectivity index (χ1v) is 13.6. The van der Waals surface area contributed by atoms with Crippen molar-refractivity contribution in [1.82, 2.24) is 15.1 Å². The third-order valence-corrected chi connectivity index (χ3v) is 6.95. The van der Waals surface area contributed by atoms with Gasteiger partial charge in [0.05, 0.1) is 0 Å². The van der Waals surface area contributed by atoms with Gasteiger partial charge in [0.1, 0.15) is 19.2 Å². The zero-order valence-electron chi connectivity index (χ0n) is 23.2. The lowest BCUT2D eigenvalue weighted by Gasteiger charge is -2.30. The molecular weight excluding hydrogens is 506 g/mol. The van der Waals surface area contributed by atoms with Gasteiger partial charge in [0.2, 0.25) is 5.91 Å². The van der Waals surface area contributed by atoms with E-state index in [1.54, 1.807) is 0 Å². The highest BCUT2D eigenvalue weighted by Crippen LogP contribution is 2.44. The number of hydrogen-bond donors (Lipinski definition) is 2. The molecule has 0 aliphatic heterocycles. The Bertz CT molecular complexity index is 1280. The third-order valence-electron chi connectivity index (χ3n) is 6.95. The Morgan fingerprint density at radius 1 is 0.875 bits per heavy atom. The number of carboxylic acids is 1. The molecule has 1 unspecified atom stereocenters. The van der Waals surface area contributed by atoms with Gasteiger partial charge in [-0.15, -0.1) is 0 Å². The van der Waals surface area contributed by atoms with Crippen LogP contribution in [0.25, 0.3) is 11.1 Å². The van der Waals surface area contributed by atoms with Gasteiger partial charge >= 0.3 is 12.1 Å². The fourth-order valence-corrected chi connectivity index (χ4v) is 5.30. The van der Waals surface area contributed by atoms with Crippen molar-refractivity contribution in [3.63, 3.8) is 0 Å². The first-order chi connectivity index (χ1) is 19.2. The Balaban J connectivity index is 1.48. The number of carbonyl (C=O) groups excluding carboxylic acids is 2. The second-order valence-corrected chi connectivity index (χ2v) is 10.7. The minimum atomic E-state index is -1.11. The third kappa shape index (κ3) is 7.27. The van der Waals surface area contributed by atoms with Crippen molar-refractivity contribution in [3.05, 3.63) is 95.6 Å². The lowest BCUT2D eigenvalue weighted by molar-refractivity contribution is -0.145. The smallest absolute Gasteiger partial charge is 0.407 e. The van der Waals surface area contributed by atoms with Crippen LogP contribution < -0.4 is 5.32 Å². The second-order valence-electron chi connectivity index (χ2n) is 10.7. The van der Waals surface area contributed by atoms with Gasteiger partial charge in [-0.1, -0.05) is 92.7 Å². The topological polar surface area (TPSA) is 99.2 Å². The Labute approximate surface area is 235 Å². The molecule has 1 atom stereocenters. The molecule has 3 aromatic carbocycles. The number of rotatable bonds is 12. The summed E-state index contributed by atoms with van der Waals surface area (Å²) in [7, 11) is 1.86. The van der Waals surface area contributed by atoms with E-state index < -0.39 is 30.6 Å². The van der Waals surface area contributed by atoms with Crippen molar-refractivity contribution in [2.24, 2.45) is 5.92 Å². The summed E-state index contributed by atoms with van der Waals surface area (Å²) < 4.78 is 5.71. The molecule has 4 rings (SSSR count). The van der Waals surface area contributed by atoms with Gasteiger partial charge in [-0.2, -0.15) is 0 Å². The fraction of sp³-hybridized carbons (Fsp3) is 0.344. The van der Waals surface area contributed by atoms with Gasteiger partial charge in [-0.05, 0) is 40.8 Å². The van der Waals surface area contributed by atoms with Crippen LogP contribution in [0.4, 0.5) is 4.79 Å². The molecule has 2 N–H and O–H groups in total. The number of nitrogens with zero attached hydrogens (tertiary/aromatic N) is 2. The lowest BCUT2D eigenvalue weighted by atomic mass is 9.98. The molecule has 0 heterocycles. The van der Waals surface area contributed by atoms with Crippen LogP contribution in [0.3, 0.4) is 0 Å². The van der Waals surface area contributed by atoms with Crippen LogP contribution in [0.2, 0.25) is 0 Å². The maximum absolute atomic E-state index is 13.6. The van der Waals surface area contributed by atoms with Crippen molar-refractivity contribution in [3.8, 4) is 11.1 Å². The highest BCUT2D eigenvalue weighted by molar-refractivity contribution is 5.88. The van der Waals surface area contributed by atoms with Gasteiger partial charge in [-0.25, -0.2) is 4.79 Å². The molecule has 1 aliphatic rings. The monoisotopic (exact) mass is 543 g/mol. The van der Waals surface area contributed by atoms with Crippen molar-refractivity contribution < 1.29 is 24.2 Å². The van der Waals surface area contributed by atoms with Crippen LogP contribution in [0.5, 0.6) is 0 Å². The van der Waals surface area contributed by atoms with E-state index in [0.717, 1.165) is 27.8 Å². The summed E-state index contributed by atoms with van der Waals surface area (Å²) in [4.78, 5) is 41.5. The predicted molar refractivity (Wildman–Crippen MR) is 154 cm³/mol. The number of hydrogen-bond acceptors (Lipinski definition) is 5. The summed E-state index contributed by atoms with van der Waals surface area (Å²) >= 11 is 0. The SMILES string of the molecule is CC(C)CN(CC(=O)O)C(=O)C(CN(C)Cc1ccccc1)NC(=O)OCC1c2ccccc2-c2ccccc21. The van der Waals surface area contributed by atoms with Crippen LogP contribution in [-0.4, -0.2) is 72.2 Å². The fourth-order valence-electron chi connectivity index (χ4n) is 5.30. The summed E-state index contributed by atoms with van der Waals surface area (Å²) in [6, 6.07) is 25.0. The molecular formula is C32H37N3O5. The van der Waals surface area contributed by atoms with Crippen LogP contribution in [0, 0.1) is 5.92 Å². The molecule has 8 nitrogen and oxygen atoms in total. The highest BCUT2D eigenvalue weighted by atomic mass is 16.5. The number of likely N-dealkylation sites (N-methyl/N-ethyl adjacent to an activating group) is 1. The van der Waals surface area contributed by atoms with E-state index in [9.17, 15) is 19.5 Å². The average Bonchev–Trinajstić information content (AvgIpc) is 3.24. The number of amides is 2. The van der Waals surface area contributed by atoms with Gasteiger partial charge in [0.15, 0.2) is 0 Å². The quantitative estimate of drug-likeness (QED) is 0.347. The Morgan fingerprint density at radius 2 is 1.45 bits per heavy atom. The molecule has 0 saturated heterocycles. The summed E-state index contributed by atoms with van der Waals surface area (Å²) in [6.07, 6.45) is -0.715. The Kier molecular flexibility index (Phi) is 9.56. The molecule has 0 aromatic heterocycles. The maximum atomic E-state index is 13.6. The van der Waals surface area contributed by atoms with Crippen molar-refractivity contribution in [1.29, 1.82) is 0 Å². The van der Waals surface area contributed by atoms with E-state index in [2.05, 4.69) is 17.4 Å². The number of alkyl carbamates (subject to hydrolysis) is 1. The van der Waals surface area contributed by atoms with Crippen molar-refractivity contribution >= 4 is 18.0 Å². The molecule has 0 spiro atoms. The van der Waals surface area contributed by atoms with Gasteiger partial charge < -0.3 is 20.1 Å². The minimum absolute atomic E-state index is 0.0560. The number of carbonyl (C=O) groups is 3. The molecule has 2 amide bonds. The van der Waals surface area contributed by atoms with Gasteiger partial charge in [-0.3, -0.25) is 14.5 Å².